The molecule has 3 aromatic carbocycles. The number of carbonyl (C=O) groups is 2. The largest absolute Gasteiger partial charge is 0.338 e. The van der Waals surface area contributed by atoms with Crippen molar-refractivity contribution in [2.75, 3.05) is 19.6 Å². The van der Waals surface area contributed by atoms with Crippen molar-refractivity contribution in [3.8, 4) is 0 Å². The Morgan fingerprint density at radius 2 is 1.48 bits per heavy atom. The van der Waals surface area contributed by atoms with Crippen LogP contribution in [0.15, 0.2) is 83.8 Å². The molecule has 9 heteroatoms. The van der Waals surface area contributed by atoms with E-state index in [9.17, 15) is 22.4 Å². The Hall–Kier alpha value is -3.56. The molecule has 2 aliphatic rings. The van der Waals surface area contributed by atoms with Gasteiger partial charge in [-0.05, 0) is 74.6 Å². The van der Waals surface area contributed by atoms with E-state index in [2.05, 4.69) is 0 Å². The van der Waals surface area contributed by atoms with Crippen LogP contribution in [0.5, 0.6) is 0 Å². The highest BCUT2D eigenvalue weighted by molar-refractivity contribution is 7.89. The molecule has 1 saturated carbocycles. The van der Waals surface area contributed by atoms with E-state index < -0.39 is 10.0 Å². The number of likely N-dealkylation sites (tertiary alicyclic amines) is 1. The zero-order valence-corrected chi connectivity index (χ0v) is 23.4. The third-order valence-corrected chi connectivity index (χ3v) is 9.59. The molecule has 1 aliphatic heterocycles. The number of piperidine rings is 1. The van der Waals surface area contributed by atoms with Gasteiger partial charge < -0.3 is 9.80 Å². The smallest absolute Gasteiger partial charge is 0.253 e. The maximum atomic E-state index is 13.9. The predicted octanol–water partition coefficient (Wildman–Crippen LogP) is 4.62. The van der Waals surface area contributed by atoms with Gasteiger partial charge in [0.15, 0.2) is 0 Å². The van der Waals surface area contributed by atoms with Crippen LogP contribution in [0, 0.1) is 12.7 Å². The molecule has 7 nitrogen and oxygen atoms in total. The molecule has 2 amide bonds. The highest BCUT2D eigenvalue weighted by Gasteiger charge is 2.41. The van der Waals surface area contributed by atoms with Crippen molar-refractivity contribution in [1.82, 2.24) is 14.1 Å². The Labute approximate surface area is 235 Å². The van der Waals surface area contributed by atoms with Crippen molar-refractivity contribution in [3.63, 3.8) is 0 Å². The molecule has 210 valence electrons. The molecule has 3 aromatic rings. The van der Waals surface area contributed by atoms with Crippen LogP contribution in [-0.4, -0.2) is 66.1 Å². The molecule has 1 heterocycles. The molecular weight excluding hydrogens is 529 g/mol. The molecule has 5 rings (SSSR count). The van der Waals surface area contributed by atoms with E-state index in [0.29, 0.717) is 31.5 Å². The van der Waals surface area contributed by atoms with Crippen molar-refractivity contribution >= 4 is 21.8 Å². The maximum absolute atomic E-state index is 13.9. The number of aryl methyl sites for hydroxylation is 1. The van der Waals surface area contributed by atoms with Crippen LogP contribution >= 0.6 is 0 Å². The molecule has 0 radical (unpaired) electrons. The van der Waals surface area contributed by atoms with Crippen LogP contribution in [0.2, 0.25) is 0 Å². The molecule has 0 bridgehead atoms. The van der Waals surface area contributed by atoms with Gasteiger partial charge in [-0.3, -0.25) is 9.59 Å². The lowest BCUT2D eigenvalue weighted by Gasteiger charge is -2.39. The summed E-state index contributed by atoms with van der Waals surface area (Å²) < 4.78 is 42.1. The second kappa shape index (κ2) is 11.9. The van der Waals surface area contributed by atoms with E-state index in [1.165, 1.54) is 16.4 Å². The first-order valence-electron chi connectivity index (χ1n) is 13.7. The first kappa shape index (κ1) is 28.0. The number of carbonyl (C=O) groups excluding carboxylic acids is 2. The first-order chi connectivity index (χ1) is 19.2. The zero-order valence-electron chi connectivity index (χ0n) is 22.6. The summed E-state index contributed by atoms with van der Waals surface area (Å²) in [5.41, 5.74) is 2.34. The fourth-order valence-corrected chi connectivity index (χ4v) is 6.83. The Balaban J connectivity index is 1.35. The molecule has 40 heavy (non-hydrogen) atoms. The van der Waals surface area contributed by atoms with Crippen LogP contribution in [0.4, 0.5) is 4.39 Å². The van der Waals surface area contributed by atoms with Crippen molar-refractivity contribution in [2.24, 2.45) is 0 Å². The Morgan fingerprint density at radius 3 is 2.08 bits per heavy atom. The molecule has 0 N–H and O–H groups in total. The van der Waals surface area contributed by atoms with Crippen molar-refractivity contribution in [3.05, 3.63) is 101 Å². The van der Waals surface area contributed by atoms with E-state index in [0.717, 1.165) is 24.0 Å². The van der Waals surface area contributed by atoms with Gasteiger partial charge in [0.1, 0.15) is 5.82 Å². The van der Waals surface area contributed by atoms with Crippen LogP contribution in [-0.2, 0) is 21.4 Å². The Bertz CT molecular complexity index is 1430. The van der Waals surface area contributed by atoms with Crippen LogP contribution < -0.4 is 0 Å². The minimum absolute atomic E-state index is 0.0421. The standard InChI is InChI=1S/C31H34FN3O4S/c1-23-7-15-29(16-8-23)40(38,39)35(28-13-14-28)22-30(36)34(21-24-9-11-26(32)12-10-24)27-17-19-33(20-18-27)31(37)25-5-3-2-4-6-25/h2-12,15-16,27-28H,13-14,17-22H2,1H3. The van der Waals surface area contributed by atoms with Gasteiger partial charge in [-0.25, -0.2) is 12.8 Å². The second-order valence-corrected chi connectivity index (χ2v) is 12.5. The summed E-state index contributed by atoms with van der Waals surface area (Å²) in [6.45, 7) is 2.84. The van der Waals surface area contributed by atoms with Gasteiger partial charge >= 0.3 is 0 Å². The summed E-state index contributed by atoms with van der Waals surface area (Å²) in [7, 11) is -3.86. The summed E-state index contributed by atoms with van der Waals surface area (Å²) in [6, 6.07) is 21.4. The predicted molar refractivity (Wildman–Crippen MR) is 150 cm³/mol. The average molecular weight is 564 g/mol. The van der Waals surface area contributed by atoms with Crippen LogP contribution in [0.25, 0.3) is 0 Å². The topological polar surface area (TPSA) is 78.0 Å². The lowest BCUT2D eigenvalue weighted by molar-refractivity contribution is -0.135. The third kappa shape index (κ3) is 6.42. The van der Waals surface area contributed by atoms with Gasteiger partial charge in [0, 0.05) is 37.3 Å². The number of nitrogens with zero attached hydrogens (tertiary/aromatic N) is 3. The molecule has 2 fully saturated rings. The summed E-state index contributed by atoms with van der Waals surface area (Å²) in [6.07, 6.45) is 2.58. The second-order valence-electron chi connectivity index (χ2n) is 10.6. The van der Waals surface area contributed by atoms with Crippen LogP contribution in [0.3, 0.4) is 0 Å². The fraction of sp³-hybridized carbons (Fsp3) is 0.355. The highest BCUT2D eigenvalue weighted by atomic mass is 32.2. The summed E-state index contributed by atoms with van der Waals surface area (Å²) in [5, 5.41) is 0. The van der Waals surface area contributed by atoms with Gasteiger partial charge in [0.2, 0.25) is 15.9 Å². The number of sulfonamides is 1. The van der Waals surface area contributed by atoms with Crippen molar-refractivity contribution in [2.45, 2.75) is 56.1 Å². The van der Waals surface area contributed by atoms with Gasteiger partial charge in [-0.1, -0.05) is 48.0 Å². The van der Waals surface area contributed by atoms with Gasteiger partial charge in [-0.15, -0.1) is 0 Å². The molecule has 0 aromatic heterocycles. The minimum atomic E-state index is -3.86. The molecular formula is C31H34FN3O4S. The third-order valence-electron chi connectivity index (χ3n) is 7.67. The summed E-state index contributed by atoms with van der Waals surface area (Å²) >= 11 is 0. The quantitative estimate of drug-likeness (QED) is 0.381. The SMILES string of the molecule is Cc1ccc(S(=O)(=O)N(CC(=O)N(Cc2ccc(F)cc2)C2CCN(C(=O)c3ccccc3)CC2)C2CC2)cc1. The monoisotopic (exact) mass is 563 g/mol. The minimum Gasteiger partial charge on any atom is -0.338 e. The number of amides is 2. The van der Waals surface area contributed by atoms with E-state index in [1.54, 1.807) is 58.3 Å². The molecule has 0 unspecified atom stereocenters. The number of hydrogen-bond acceptors (Lipinski definition) is 4. The number of rotatable bonds is 9. The van der Waals surface area contributed by atoms with Crippen LogP contribution in [0.1, 0.15) is 47.2 Å². The lowest BCUT2D eigenvalue weighted by Crippen LogP contribution is -2.51. The summed E-state index contributed by atoms with van der Waals surface area (Å²) in [4.78, 5) is 30.5. The normalized spacial score (nSPS) is 16.2. The Kier molecular flexibility index (Phi) is 8.32. The fourth-order valence-electron chi connectivity index (χ4n) is 5.19. The first-order valence-corrected chi connectivity index (χ1v) is 15.1. The molecule has 0 atom stereocenters. The lowest BCUT2D eigenvalue weighted by atomic mass is 10.0. The summed E-state index contributed by atoms with van der Waals surface area (Å²) in [5.74, 6) is -0.697. The van der Waals surface area contributed by atoms with E-state index >= 15 is 0 Å². The zero-order chi connectivity index (χ0) is 28.3. The van der Waals surface area contributed by atoms with Gasteiger partial charge in [0.25, 0.3) is 5.91 Å². The molecule has 1 saturated heterocycles. The number of hydrogen-bond donors (Lipinski definition) is 0. The maximum Gasteiger partial charge on any atom is 0.253 e. The molecule has 1 aliphatic carbocycles. The van der Waals surface area contributed by atoms with Crippen molar-refractivity contribution in [1.29, 1.82) is 0 Å². The Morgan fingerprint density at radius 1 is 0.850 bits per heavy atom. The van der Waals surface area contributed by atoms with Gasteiger partial charge in [0.05, 0.1) is 11.4 Å². The van der Waals surface area contributed by atoms with Gasteiger partial charge in [-0.2, -0.15) is 4.31 Å². The average Bonchev–Trinajstić information content (AvgIpc) is 3.81. The van der Waals surface area contributed by atoms with E-state index in [4.69, 9.17) is 0 Å². The molecule has 0 spiro atoms. The number of benzene rings is 3. The van der Waals surface area contributed by atoms with E-state index in [-0.39, 0.29) is 47.7 Å². The van der Waals surface area contributed by atoms with E-state index in [1.807, 2.05) is 25.1 Å². The van der Waals surface area contributed by atoms with Crippen molar-refractivity contribution < 1.29 is 22.4 Å². The highest BCUT2D eigenvalue weighted by Crippen LogP contribution is 2.33. The number of halogens is 1.